The number of urea groups is 1. The number of amides is 2. The molecule has 0 aliphatic heterocycles. The summed E-state index contributed by atoms with van der Waals surface area (Å²) in [5.41, 5.74) is 0. The van der Waals surface area contributed by atoms with Crippen molar-refractivity contribution in [3.05, 3.63) is 0 Å². The highest BCUT2D eigenvalue weighted by molar-refractivity contribution is 8.00. The van der Waals surface area contributed by atoms with E-state index in [9.17, 15) is 9.59 Å². The van der Waals surface area contributed by atoms with Gasteiger partial charge in [-0.25, -0.2) is 4.79 Å². The Bertz CT molecular complexity index is 287. The molecule has 3 N–H and O–H groups in total. The van der Waals surface area contributed by atoms with Crippen LogP contribution in [0.2, 0.25) is 0 Å². The van der Waals surface area contributed by atoms with E-state index in [0.717, 1.165) is 12.8 Å². The summed E-state index contributed by atoms with van der Waals surface area (Å²) in [4.78, 5) is 21.9. The molecule has 1 aliphatic rings. The van der Waals surface area contributed by atoms with Gasteiger partial charge in [0.05, 0.1) is 6.42 Å². The molecule has 1 rings (SSSR count). The fourth-order valence-electron chi connectivity index (χ4n) is 1.85. The monoisotopic (exact) mass is 260 g/mol. The van der Waals surface area contributed by atoms with Gasteiger partial charge in [0.1, 0.15) is 0 Å². The molecule has 2 amide bonds. The van der Waals surface area contributed by atoms with E-state index in [2.05, 4.69) is 16.9 Å². The Hall–Kier alpha value is -0.910. The van der Waals surface area contributed by atoms with Gasteiger partial charge in [0, 0.05) is 17.3 Å². The number of hydrogen-bond donors (Lipinski definition) is 3. The summed E-state index contributed by atoms with van der Waals surface area (Å²) in [6.45, 7) is 2.33. The summed E-state index contributed by atoms with van der Waals surface area (Å²) in [6, 6.07) is -0.627. The normalized spacial score (nSPS) is 18.9. The van der Waals surface area contributed by atoms with Gasteiger partial charge in [-0.05, 0) is 26.0 Å². The van der Waals surface area contributed by atoms with Crippen molar-refractivity contribution >= 4 is 23.8 Å². The van der Waals surface area contributed by atoms with Gasteiger partial charge in [0.15, 0.2) is 0 Å². The minimum absolute atomic E-state index is 0.0545. The third-order valence-corrected chi connectivity index (χ3v) is 4.55. The van der Waals surface area contributed by atoms with E-state index in [0.29, 0.717) is 6.54 Å². The molecule has 1 unspecified atom stereocenters. The largest absolute Gasteiger partial charge is 0.481 e. The zero-order valence-electron chi connectivity index (χ0n) is 10.3. The zero-order chi connectivity index (χ0) is 12.9. The SMILES string of the molecule is CSC1(CNC(=O)NC(C)CC(=O)O)CCC1. The lowest BCUT2D eigenvalue weighted by atomic mass is 9.84. The summed E-state index contributed by atoms with van der Waals surface area (Å²) < 4.78 is 0.202. The Labute approximate surface area is 106 Å². The van der Waals surface area contributed by atoms with E-state index in [1.54, 1.807) is 18.7 Å². The molecule has 0 saturated heterocycles. The van der Waals surface area contributed by atoms with E-state index < -0.39 is 5.97 Å². The minimum atomic E-state index is -0.905. The Morgan fingerprint density at radius 3 is 2.53 bits per heavy atom. The summed E-state index contributed by atoms with van der Waals surface area (Å²) in [6.07, 6.45) is 5.50. The lowest BCUT2D eigenvalue weighted by Gasteiger charge is -2.40. The van der Waals surface area contributed by atoms with Crippen LogP contribution in [0.1, 0.15) is 32.6 Å². The molecule has 0 aromatic heterocycles. The number of thioether (sulfide) groups is 1. The van der Waals surface area contributed by atoms with E-state index in [1.807, 2.05) is 0 Å². The molecule has 0 aromatic carbocycles. The summed E-state index contributed by atoms with van der Waals surface area (Å²) in [5, 5.41) is 14.0. The first-order valence-corrected chi connectivity index (χ1v) is 7.01. The van der Waals surface area contributed by atoms with Gasteiger partial charge in [0.2, 0.25) is 0 Å². The third kappa shape index (κ3) is 4.46. The first-order chi connectivity index (χ1) is 7.97. The molecule has 0 spiro atoms. The number of carboxylic acids is 1. The average Bonchev–Trinajstić information content (AvgIpc) is 2.15. The molecule has 0 bridgehead atoms. The second kappa shape index (κ2) is 6.14. The van der Waals surface area contributed by atoms with Gasteiger partial charge in [-0.2, -0.15) is 11.8 Å². The van der Waals surface area contributed by atoms with Crippen LogP contribution in [0.15, 0.2) is 0 Å². The van der Waals surface area contributed by atoms with Crippen LogP contribution in [0.5, 0.6) is 0 Å². The maximum atomic E-state index is 11.5. The van der Waals surface area contributed by atoms with Crippen molar-refractivity contribution in [2.45, 2.75) is 43.4 Å². The van der Waals surface area contributed by atoms with Crippen molar-refractivity contribution in [1.82, 2.24) is 10.6 Å². The van der Waals surface area contributed by atoms with Gasteiger partial charge in [-0.15, -0.1) is 0 Å². The van der Waals surface area contributed by atoms with Crippen LogP contribution in [0.25, 0.3) is 0 Å². The molecular weight excluding hydrogens is 240 g/mol. The number of hydrogen-bond acceptors (Lipinski definition) is 3. The maximum Gasteiger partial charge on any atom is 0.315 e. The third-order valence-electron chi connectivity index (χ3n) is 3.13. The predicted octanol–water partition coefficient (Wildman–Crippen LogP) is 1.43. The fourth-order valence-corrected chi connectivity index (χ4v) is 2.77. The number of rotatable bonds is 6. The van der Waals surface area contributed by atoms with Crippen LogP contribution in [-0.2, 0) is 4.79 Å². The van der Waals surface area contributed by atoms with Gasteiger partial charge >= 0.3 is 12.0 Å². The quantitative estimate of drug-likeness (QED) is 0.675. The van der Waals surface area contributed by atoms with Crippen LogP contribution >= 0.6 is 11.8 Å². The molecule has 98 valence electrons. The van der Waals surface area contributed by atoms with Crippen molar-refractivity contribution in [3.8, 4) is 0 Å². The number of carboxylic acid groups (broad SMARTS) is 1. The van der Waals surface area contributed by atoms with Crippen LogP contribution in [-0.4, -0.2) is 40.7 Å². The van der Waals surface area contributed by atoms with Crippen molar-refractivity contribution in [2.24, 2.45) is 0 Å². The smallest absolute Gasteiger partial charge is 0.315 e. The molecule has 1 aliphatic carbocycles. The van der Waals surface area contributed by atoms with Crippen LogP contribution in [0.3, 0.4) is 0 Å². The molecule has 0 aromatic rings. The number of carbonyl (C=O) groups is 2. The summed E-state index contributed by atoms with van der Waals surface area (Å²) >= 11 is 1.79. The topological polar surface area (TPSA) is 78.4 Å². The fraction of sp³-hybridized carbons (Fsp3) is 0.818. The van der Waals surface area contributed by atoms with Crippen LogP contribution in [0, 0.1) is 0 Å². The first-order valence-electron chi connectivity index (χ1n) is 5.79. The van der Waals surface area contributed by atoms with Gasteiger partial charge in [0.25, 0.3) is 0 Å². The van der Waals surface area contributed by atoms with Crippen molar-refractivity contribution < 1.29 is 14.7 Å². The Morgan fingerprint density at radius 1 is 1.47 bits per heavy atom. The molecule has 6 heteroatoms. The van der Waals surface area contributed by atoms with E-state index >= 15 is 0 Å². The van der Waals surface area contributed by atoms with Gasteiger partial charge < -0.3 is 15.7 Å². The summed E-state index contributed by atoms with van der Waals surface area (Å²) in [5.74, 6) is -0.905. The average molecular weight is 260 g/mol. The van der Waals surface area contributed by atoms with E-state index in [4.69, 9.17) is 5.11 Å². The second-order valence-corrected chi connectivity index (χ2v) is 5.84. The van der Waals surface area contributed by atoms with Crippen LogP contribution in [0.4, 0.5) is 4.79 Å². The Kier molecular flexibility index (Phi) is 5.11. The minimum Gasteiger partial charge on any atom is -0.481 e. The maximum absolute atomic E-state index is 11.5. The van der Waals surface area contributed by atoms with Gasteiger partial charge in [-0.3, -0.25) is 4.79 Å². The molecular formula is C11H20N2O3S. The number of aliphatic carboxylic acids is 1. The predicted molar refractivity (Wildman–Crippen MR) is 68.3 cm³/mol. The number of nitrogens with one attached hydrogen (secondary N) is 2. The molecule has 5 nitrogen and oxygen atoms in total. The molecule has 1 saturated carbocycles. The zero-order valence-corrected chi connectivity index (χ0v) is 11.1. The van der Waals surface area contributed by atoms with E-state index in [-0.39, 0.29) is 23.2 Å². The van der Waals surface area contributed by atoms with Crippen molar-refractivity contribution in [2.75, 3.05) is 12.8 Å². The lowest BCUT2D eigenvalue weighted by Crippen LogP contribution is -2.49. The molecule has 1 fully saturated rings. The lowest BCUT2D eigenvalue weighted by molar-refractivity contribution is -0.137. The molecule has 0 heterocycles. The summed E-state index contributed by atoms with van der Waals surface area (Å²) in [7, 11) is 0. The molecule has 0 radical (unpaired) electrons. The Morgan fingerprint density at radius 2 is 2.12 bits per heavy atom. The molecule has 1 atom stereocenters. The van der Waals surface area contributed by atoms with Gasteiger partial charge in [-0.1, -0.05) is 6.42 Å². The first kappa shape index (κ1) is 14.2. The highest BCUT2D eigenvalue weighted by Crippen LogP contribution is 2.42. The van der Waals surface area contributed by atoms with E-state index in [1.165, 1.54) is 6.42 Å². The highest BCUT2D eigenvalue weighted by Gasteiger charge is 2.36. The van der Waals surface area contributed by atoms with Crippen molar-refractivity contribution in [1.29, 1.82) is 0 Å². The van der Waals surface area contributed by atoms with Crippen LogP contribution < -0.4 is 10.6 Å². The molecule has 17 heavy (non-hydrogen) atoms. The second-order valence-electron chi connectivity index (χ2n) is 4.57. The number of carbonyl (C=O) groups excluding carboxylic acids is 1. The standard InChI is InChI=1S/C11H20N2O3S/c1-8(6-9(14)15)13-10(16)12-7-11(17-2)4-3-5-11/h8H,3-7H2,1-2H3,(H,14,15)(H2,12,13,16). The highest BCUT2D eigenvalue weighted by atomic mass is 32.2. The van der Waals surface area contributed by atoms with Crippen molar-refractivity contribution in [3.63, 3.8) is 0 Å². The Balaban J connectivity index is 2.23.